The van der Waals surface area contributed by atoms with Gasteiger partial charge in [-0.1, -0.05) is 60.7 Å². The second kappa shape index (κ2) is 14.0. The van der Waals surface area contributed by atoms with Crippen LogP contribution in [0.15, 0.2) is 78.9 Å². The zero-order valence-corrected chi connectivity index (χ0v) is 25.1. The quantitative estimate of drug-likeness (QED) is 0.235. The zero-order chi connectivity index (χ0) is 33.7. The molecule has 0 bridgehead atoms. The Morgan fingerprint density at radius 1 is 0.913 bits per heavy atom. The Hall–Kier alpha value is -4.26. The topological polar surface area (TPSA) is 91.1 Å². The third-order valence-corrected chi connectivity index (χ3v) is 8.22. The van der Waals surface area contributed by atoms with Gasteiger partial charge in [-0.3, -0.25) is 4.90 Å². The van der Waals surface area contributed by atoms with Gasteiger partial charge < -0.3 is 19.9 Å². The van der Waals surface area contributed by atoms with Crippen LogP contribution < -0.4 is 5.73 Å². The maximum atomic E-state index is 13.8. The van der Waals surface area contributed by atoms with Gasteiger partial charge in [0.2, 0.25) is 0 Å². The number of halogens is 6. The van der Waals surface area contributed by atoms with Crippen LogP contribution in [0.1, 0.15) is 60.6 Å². The van der Waals surface area contributed by atoms with E-state index in [4.69, 9.17) is 19.9 Å². The van der Waals surface area contributed by atoms with Crippen molar-refractivity contribution in [1.29, 1.82) is 0 Å². The van der Waals surface area contributed by atoms with Crippen molar-refractivity contribution in [2.45, 2.75) is 63.4 Å². The molecule has 0 radical (unpaired) electrons. The number of hydrogen-bond donors (Lipinski definition) is 1. The number of carbonyl (C=O) groups excluding carboxylic acids is 2. The summed E-state index contributed by atoms with van der Waals surface area (Å²) in [6.45, 7) is 2.65. The standard InChI is InChI=1S/C33H34F6N2O5/c1-21(25-15-27(32(34,35)36)17-28(16-25)33(37,38)39)45-20-31(26-11-7-4-8-12-26)14-13-24(22(2)46-29(40)42)18-41(31)30(43)44-19-23-9-5-3-6-10-23/h3-12,15-17,21-22,24H,13-14,18-20H2,1-2H3,(H2,40,42)/t21-,22?,24?,31-/m1/s1. The molecule has 2 amide bonds. The molecular weight excluding hydrogens is 618 g/mol. The number of amides is 2. The summed E-state index contributed by atoms with van der Waals surface area (Å²) in [6.07, 6.45) is -13.0. The second-order valence-corrected chi connectivity index (χ2v) is 11.3. The Balaban J connectivity index is 1.70. The summed E-state index contributed by atoms with van der Waals surface area (Å²) >= 11 is 0. The monoisotopic (exact) mass is 652 g/mol. The molecule has 4 atom stereocenters. The largest absolute Gasteiger partial charge is 0.446 e. The Labute approximate surface area is 262 Å². The molecule has 0 aromatic heterocycles. The van der Waals surface area contributed by atoms with Crippen molar-refractivity contribution in [3.8, 4) is 0 Å². The lowest BCUT2D eigenvalue weighted by molar-refractivity contribution is -0.143. The molecule has 13 heteroatoms. The average Bonchev–Trinajstić information content (AvgIpc) is 3.02. The molecule has 4 rings (SSSR count). The van der Waals surface area contributed by atoms with Gasteiger partial charge in [0.25, 0.3) is 0 Å². The highest BCUT2D eigenvalue weighted by Crippen LogP contribution is 2.43. The molecule has 2 unspecified atom stereocenters. The molecule has 248 valence electrons. The van der Waals surface area contributed by atoms with Crippen molar-refractivity contribution < 1.29 is 50.1 Å². The molecule has 1 saturated heterocycles. The number of likely N-dealkylation sites (tertiary alicyclic amines) is 1. The van der Waals surface area contributed by atoms with Crippen LogP contribution in [0, 0.1) is 5.92 Å². The van der Waals surface area contributed by atoms with Gasteiger partial charge in [-0.2, -0.15) is 26.3 Å². The van der Waals surface area contributed by atoms with E-state index in [1.54, 1.807) is 61.5 Å². The molecule has 1 heterocycles. The van der Waals surface area contributed by atoms with E-state index in [0.717, 1.165) is 5.56 Å². The number of nitrogens with two attached hydrogens (primary N) is 1. The SMILES string of the molecule is CC(OC(N)=O)C1CC[C@@](CO[C@H](C)c2cc(C(F)(F)F)cc(C(F)(F)F)c2)(c2ccccc2)N(C(=O)OCc2ccccc2)C1. The lowest BCUT2D eigenvalue weighted by Gasteiger charge is -2.50. The first-order chi connectivity index (χ1) is 21.6. The Kier molecular flexibility index (Phi) is 10.5. The zero-order valence-electron chi connectivity index (χ0n) is 25.1. The van der Waals surface area contributed by atoms with Crippen LogP contribution in [-0.4, -0.2) is 36.3 Å². The van der Waals surface area contributed by atoms with E-state index >= 15 is 0 Å². The molecule has 1 aliphatic rings. The van der Waals surface area contributed by atoms with Crippen molar-refractivity contribution >= 4 is 12.2 Å². The summed E-state index contributed by atoms with van der Waals surface area (Å²) in [5, 5.41) is 0. The molecule has 0 spiro atoms. The second-order valence-electron chi connectivity index (χ2n) is 11.3. The van der Waals surface area contributed by atoms with Gasteiger partial charge >= 0.3 is 24.5 Å². The number of ether oxygens (including phenoxy) is 3. The van der Waals surface area contributed by atoms with Crippen LogP contribution >= 0.6 is 0 Å². The fraction of sp³-hybridized carbons (Fsp3) is 0.394. The number of primary amides is 1. The summed E-state index contributed by atoms with van der Waals surface area (Å²) < 4.78 is 98.4. The summed E-state index contributed by atoms with van der Waals surface area (Å²) in [4.78, 5) is 26.8. The van der Waals surface area contributed by atoms with Crippen molar-refractivity contribution in [2.24, 2.45) is 11.7 Å². The lowest BCUT2D eigenvalue weighted by Crippen LogP contribution is -2.58. The van der Waals surface area contributed by atoms with E-state index in [-0.39, 0.29) is 43.7 Å². The van der Waals surface area contributed by atoms with E-state index in [1.807, 2.05) is 6.07 Å². The molecule has 1 fully saturated rings. The highest BCUT2D eigenvalue weighted by Gasteiger charge is 2.48. The van der Waals surface area contributed by atoms with Crippen LogP contribution in [-0.2, 0) is 38.7 Å². The maximum absolute atomic E-state index is 13.8. The predicted octanol–water partition coefficient (Wildman–Crippen LogP) is 8.23. The van der Waals surface area contributed by atoms with E-state index in [2.05, 4.69) is 0 Å². The van der Waals surface area contributed by atoms with Gasteiger partial charge in [0, 0.05) is 12.5 Å². The summed E-state index contributed by atoms with van der Waals surface area (Å²) in [5.74, 6) is -0.371. The molecule has 46 heavy (non-hydrogen) atoms. The normalized spacial score (nSPS) is 20.1. The van der Waals surface area contributed by atoms with Crippen molar-refractivity contribution in [3.63, 3.8) is 0 Å². The van der Waals surface area contributed by atoms with E-state index in [0.29, 0.717) is 24.1 Å². The molecule has 0 saturated carbocycles. The summed E-state index contributed by atoms with van der Waals surface area (Å²) in [6, 6.07) is 19.0. The fourth-order valence-corrected chi connectivity index (χ4v) is 5.62. The minimum atomic E-state index is -5.03. The number of rotatable bonds is 9. The van der Waals surface area contributed by atoms with Crippen molar-refractivity contribution in [3.05, 3.63) is 107 Å². The average molecular weight is 653 g/mol. The van der Waals surface area contributed by atoms with Crippen molar-refractivity contribution in [1.82, 2.24) is 4.90 Å². The van der Waals surface area contributed by atoms with Crippen molar-refractivity contribution in [2.75, 3.05) is 13.2 Å². The first kappa shape index (κ1) is 34.6. The lowest BCUT2D eigenvalue weighted by atomic mass is 9.76. The van der Waals surface area contributed by atoms with Gasteiger partial charge in [0.15, 0.2) is 0 Å². The van der Waals surface area contributed by atoms with Gasteiger partial charge in [-0.25, -0.2) is 9.59 Å². The molecule has 3 aromatic rings. The van der Waals surface area contributed by atoms with Crippen LogP contribution in [0.5, 0.6) is 0 Å². The first-order valence-corrected chi connectivity index (χ1v) is 14.5. The minimum Gasteiger partial charge on any atom is -0.446 e. The number of hydrogen-bond acceptors (Lipinski definition) is 5. The maximum Gasteiger partial charge on any atom is 0.416 e. The van der Waals surface area contributed by atoms with E-state index < -0.39 is 53.4 Å². The smallest absolute Gasteiger partial charge is 0.416 e. The minimum absolute atomic E-state index is 0.0243. The van der Waals surface area contributed by atoms with Crippen LogP contribution in [0.4, 0.5) is 35.9 Å². The highest BCUT2D eigenvalue weighted by molar-refractivity contribution is 5.70. The third kappa shape index (κ3) is 8.31. The number of benzene rings is 3. The van der Waals surface area contributed by atoms with E-state index in [1.165, 1.54) is 11.8 Å². The predicted molar refractivity (Wildman–Crippen MR) is 155 cm³/mol. The molecule has 1 aliphatic heterocycles. The highest BCUT2D eigenvalue weighted by atomic mass is 19.4. The number of carbonyl (C=O) groups is 2. The fourth-order valence-electron chi connectivity index (χ4n) is 5.62. The molecular formula is C33H34F6N2O5. The Morgan fingerprint density at radius 3 is 2.02 bits per heavy atom. The van der Waals surface area contributed by atoms with Crippen LogP contribution in [0.25, 0.3) is 0 Å². The van der Waals surface area contributed by atoms with Gasteiger partial charge in [0.05, 0.1) is 29.4 Å². The number of nitrogens with zero attached hydrogens (tertiary/aromatic N) is 1. The molecule has 2 N–H and O–H groups in total. The third-order valence-electron chi connectivity index (χ3n) is 8.22. The Morgan fingerprint density at radius 2 is 1.48 bits per heavy atom. The van der Waals surface area contributed by atoms with Gasteiger partial charge in [-0.15, -0.1) is 0 Å². The summed E-state index contributed by atoms with van der Waals surface area (Å²) in [7, 11) is 0. The number of piperidine rings is 1. The first-order valence-electron chi connectivity index (χ1n) is 14.5. The molecule has 7 nitrogen and oxygen atoms in total. The molecule has 0 aliphatic carbocycles. The molecule has 3 aromatic carbocycles. The Bertz CT molecular complexity index is 1450. The van der Waals surface area contributed by atoms with Crippen LogP contribution in [0.2, 0.25) is 0 Å². The van der Waals surface area contributed by atoms with Crippen LogP contribution in [0.3, 0.4) is 0 Å². The number of alkyl halides is 6. The van der Waals surface area contributed by atoms with E-state index in [9.17, 15) is 35.9 Å². The summed E-state index contributed by atoms with van der Waals surface area (Å²) in [5.41, 5.74) is 2.07. The van der Waals surface area contributed by atoms with Gasteiger partial charge in [-0.05, 0) is 61.6 Å². The van der Waals surface area contributed by atoms with Gasteiger partial charge in [0.1, 0.15) is 12.7 Å².